The van der Waals surface area contributed by atoms with Crippen LogP contribution in [-0.2, 0) is 4.79 Å². The zero-order valence-electron chi connectivity index (χ0n) is 21.5. The number of rotatable bonds is 7. The van der Waals surface area contributed by atoms with Crippen LogP contribution in [0.2, 0.25) is 0 Å². The summed E-state index contributed by atoms with van der Waals surface area (Å²) in [5.74, 6) is 0.603. The number of aromatic nitrogens is 2. The Balaban J connectivity index is 1.51. The highest BCUT2D eigenvalue weighted by atomic mass is 19.1. The van der Waals surface area contributed by atoms with E-state index in [4.69, 9.17) is 9.47 Å². The summed E-state index contributed by atoms with van der Waals surface area (Å²) in [5, 5.41) is 13.4. The zero-order chi connectivity index (χ0) is 27.5. The molecule has 1 aromatic heterocycles. The van der Waals surface area contributed by atoms with Crippen LogP contribution in [0.5, 0.6) is 11.5 Å². The Morgan fingerprint density at radius 1 is 0.846 bits per heavy atom. The summed E-state index contributed by atoms with van der Waals surface area (Å²) in [7, 11) is 3.15. The number of hydrogen-bond donors (Lipinski definition) is 3. The molecule has 39 heavy (non-hydrogen) atoms. The van der Waals surface area contributed by atoms with Crippen LogP contribution in [0.3, 0.4) is 0 Å². The quantitative estimate of drug-likeness (QED) is 0.304. The van der Waals surface area contributed by atoms with Gasteiger partial charge in [0.25, 0.3) is 11.8 Å². The van der Waals surface area contributed by atoms with E-state index in [0.717, 1.165) is 5.56 Å². The van der Waals surface area contributed by atoms with Crippen LogP contribution in [0.15, 0.2) is 90.3 Å². The van der Waals surface area contributed by atoms with Gasteiger partial charge in [-0.1, -0.05) is 12.1 Å². The predicted molar refractivity (Wildman–Crippen MR) is 146 cm³/mol. The number of anilines is 3. The van der Waals surface area contributed by atoms with Gasteiger partial charge in [-0.15, -0.1) is 0 Å². The van der Waals surface area contributed by atoms with Gasteiger partial charge in [-0.2, -0.15) is 5.10 Å². The molecule has 1 aliphatic rings. The number of allylic oxidation sites excluding steroid dienone is 1. The van der Waals surface area contributed by atoms with Crippen molar-refractivity contribution in [2.24, 2.45) is 0 Å². The number of amides is 2. The lowest BCUT2D eigenvalue weighted by Gasteiger charge is -2.30. The zero-order valence-corrected chi connectivity index (χ0v) is 21.5. The van der Waals surface area contributed by atoms with Gasteiger partial charge in [-0.3, -0.25) is 9.59 Å². The molecule has 1 atom stereocenters. The van der Waals surface area contributed by atoms with Crippen molar-refractivity contribution in [3.63, 3.8) is 0 Å². The second-order valence-electron chi connectivity index (χ2n) is 8.83. The molecule has 0 radical (unpaired) electrons. The van der Waals surface area contributed by atoms with Crippen molar-refractivity contribution >= 4 is 29.0 Å². The Morgan fingerprint density at radius 2 is 1.38 bits per heavy atom. The highest BCUT2D eigenvalue weighted by molar-refractivity contribution is 6.09. The number of fused-ring (bicyclic) bond motifs is 1. The normalized spacial score (nSPS) is 14.2. The third kappa shape index (κ3) is 5.17. The van der Waals surface area contributed by atoms with E-state index in [-0.39, 0.29) is 11.5 Å². The van der Waals surface area contributed by atoms with E-state index in [9.17, 15) is 14.0 Å². The molecule has 0 spiro atoms. The molecule has 198 valence electrons. The van der Waals surface area contributed by atoms with Crippen LogP contribution < -0.4 is 25.4 Å². The molecule has 3 aromatic carbocycles. The molecule has 0 saturated heterocycles. The number of benzene rings is 3. The number of halogens is 1. The third-order valence-corrected chi connectivity index (χ3v) is 6.39. The van der Waals surface area contributed by atoms with E-state index in [0.29, 0.717) is 40.0 Å². The largest absolute Gasteiger partial charge is 0.497 e. The number of ether oxygens (including phenoxy) is 2. The number of nitrogens with one attached hydrogen (secondary N) is 3. The molecule has 0 bridgehead atoms. The Hall–Kier alpha value is -5.12. The second kappa shape index (κ2) is 10.7. The summed E-state index contributed by atoms with van der Waals surface area (Å²) < 4.78 is 25.4. The number of carbonyl (C=O) groups is 2. The van der Waals surface area contributed by atoms with E-state index < -0.39 is 17.8 Å². The first kappa shape index (κ1) is 25.5. The summed E-state index contributed by atoms with van der Waals surface area (Å²) >= 11 is 0. The fourth-order valence-electron chi connectivity index (χ4n) is 4.41. The average Bonchev–Trinajstić information content (AvgIpc) is 3.37. The lowest BCUT2D eigenvalue weighted by molar-refractivity contribution is -0.113. The van der Waals surface area contributed by atoms with Crippen molar-refractivity contribution in [1.82, 2.24) is 9.78 Å². The van der Waals surface area contributed by atoms with Gasteiger partial charge in [-0.05, 0) is 73.2 Å². The summed E-state index contributed by atoms with van der Waals surface area (Å²) in [5.41, 5.74) is 3.07. The first-order valence-electron chi connectivity index (χ1n) is 12.1. The fraction of sp³-hybridized carbons (Fsp3) is 0.138. The van der Waals surface area contributed by atoms with Crippen molar-refractivity contribution in [3.05, 3.63) is 107 Å². The molecule has 0 aliphatic carbocycles. The molecule has 5 rings (SSSR count). The van der Waals surface area contributed by atoms with Crippen molar-refractivity contribution in [2.45, 2.75) is 13.0 Å². The van der Waals surface area contributed by atoms with Gasteiger partial charge in [0, 0.05) is 17.1 Å². The first-order chi connectivity index (χ1) is 18.9. The minimum absolute atomic E-state index is 0.270. The van der Waals surface area contributed by atoms with E-state index in [1.807, 2.05) is 12.1 Å². The van der Waals surface area contributed by atoms with Crippen LogP contribution in [0.1, 0.15) is 28.9 Å². The minimum atomic E-state index is -0.641. The average molecular weight is 528 g/mol. The van der Waals surface area contributed by atoms with E-state index in [2.05, 4.69) is 21.0 Å². The molecule has 2 amide bonds. The number of carbonyl (C=O) groups excluding carboxylic acids is 2. The van der Waals surface area contributed by atoms with Crippen LogP contribution in [0.4, 0.5) is 21.6 Å². The van der Waals surface area contributed by atoms with Crippen LogP contribution in [0, 0.1) is 5.82 Å². The Bertz CT molecular complexity index is 1540. The van der Waals surface area contributed by atoms with Crippen molar-refractivity contribution in [2.75, 3.05) is 30.2 Å². The lowest BCUT2D eigenvalue weighted by atomic mass is 9.94. The molecule has 0 fully saturated rings. The Morgan fingerprint density at radius 3 is 1.97 bits per heavy atom. The van der Waals surface area contributed by atoms with Crippen molar-refractivity contribution in [1.29, 1.82) is 0 Å². The minimum Gasteiger partial charge on any atom is -0.497 e. The van der Waals surface area contributed by atoms with Gasteiger partial charge in [0.05, 0.1) is 26.0 Å². The molecular weight excluding hydrogens is 501 g/mol. The number of nitrogens with zero attached hydrogens (tertiary/aromatic N) is 2. The SMILES string of the molecule is COc1ccc(NC(=O)C2=C(C)Nc3c(C(=O)Nc4ccc(F)cc4)cnn3C2c2ccc(OC)cc2)cc1. The van der Waals surface area contributed by atoms with Gasteiger partial charge in [0.15, 0.2) is 0 Å². The molecule has 9 nitrogen and oxygen atoms in total. The molecule has 10 heteroatoms. The van der Waals surface area contributed by atoms with Crippen molar-refractivity contribution in [3.8, 4) is 11.5 Å². The molecular formula is C29H26FN5O4. The van der Waals surface area contributed by atoms with Crippen LogP contribution in [0.25, 0.3) is 0 Å². The van der Waals surface area contributed by atoms with E-state index >= 15 is 0 Å². The molecule has 0 saturated carbocycles. The maximum absolute atomic E-state index is 13.6. The predicted octanol–water partition coefficient (Wildman–Crippen LogP) is 5.22. The Kier molecular flexibility index (Phi) is 7.00. The monoisotopic (exact) mass is 527 g/mol. The molecule has 1 aliphatic heterocycles. The van der Waals surface area contributed by atoms with E-state index in [1.54, 1.807) is 62.2 Å². The molecule has 2 heterocycles. The summed E-state index contributed by atoms with van der Waals surface area (Å²) in [6, 6.07) is 19.2. The first-order valence-corrected chi connectivity index (χ1v) is 12.1. The smallest absolute Gasteiger partial charge is 0.261 e. The molecule has 3 N–H and O–H groups in total. The number of methoxy groups -OCH3 is 2. The highest BCUT2D eigenvalue weighted by Gasteiger charge is 2.35. The molecule has 4 aromatic rings. The summed E-state index contributed by atoms with van der Waals surface area (Å²) in [6.45, 7) is 1.78. The van der Waals surface area contributed by atoms with Crippen LogP contribution in [-0.4, -0.2) is 35.8 Å². The molecule has 1 unspecified atom stereocenters. The maximum atomic E-state index is 13.6. The second-order valence-corrected chi connectivity index (χ2v) is 8.83. The summed E-state index contributed by atoms with van der Waals surface area (Å²) in [6.07, 6.45) is 1.44. The standard InChI is InChI=1S/C29H26FN5O4/c1-17-25(29(37)34-21-10-14-23(39-3)15-11-21)26(18-4-12-22(38-2)13-5-18)35-27(32-17)24(16-31-35)28(36)33-20-8-6-19(30)7-9-20/h4-16,26,32H,1-3H3,(H,33,36)(H,34,37). The summed E-state index contributed by atoms with van der Waals surface area (Å²) in [4.78, 5) is 26.8. The highest BCUT2D eigenvalue weighted by Crippen LogP contribution is 2.38. The van der Waals surface area contributed by atoms with Crippen molar-refractivity contribution < 1.29 is 23.5 Å². The van der Waals surface area contributed by atoms with Gasteiger partial charge in [-0.25, -0.2) is 9.07 Å². The number of hydrogen-bond acceptors (Lipinski definition) is 6. The van der Waals surface area contributed by atoms with Gasteiger partial charge in [0.2, 0.25) is 0 Å². The third-order valence-electron chi connectivity index (χ3n) is 6.39. The Labute approximate surface area is 224 Å². The van der Waals surface area contributed by atoms with Gasteiger partial charge in [0.1, 0.15) is 34.7 Å². The lowest BCUT2D eigenvalue weighted by Crippen LogP contribution is -2.32. The fourth-order valence-corrected chi connectivity index (χ4v) is 4.41. The maximum Gasteiger partial charge on any atom is 0.261 e. The van der Waals surface area contributed by atoms with E-state index in [1.165, 1.54) is 30.5 Å². The van der Waals surface area contributed by atoms with Gasteiger partial charge < -0.3 is 25.4 Å². The van der Waals surface area contributed by atoms with Gasteiger partial charge >= 0.3 is 0 Å². The topological polar surface area (TPSA) is 107 Å². The van der Waals surface area contributed by atoms with Crippen LogP contribution >= 0.6 is 0 Å².